The lowest BCUT2D eigenvalue weighted by atomic mass is 9.90. The van der Waals surface area contributed by atoms with Crippen LogP contribution in [0.5, 0.6) is 0 Å². The molecule has 1 aromatic carbocycles. The number of para-hydroxylation sites is 1. The van der Waals surface area contributed by atoms with E-state index in [9.17, 15) is 4.79 Å². The summed E-state index contributed by atoms with van der Waals surface area (Å²) in [5.41, 5.74) is -0.0220. The number of Topliss-reactive ketones (excluding diaryl/α,β-unsaturated/α-hetero) is 1. The van der Waals surface area contributed by atoms with Crippen molar-refractivity contribution in [3.63, 3.8) is 0 Å². The molecule has 1 aromatic heterocycles. The monoisotopic (exact) mass is 260 g/mol. The van der Waals surface area contributed by atoms with Gasteiger partial charge < -0.3 is 9.15 Å². The van der Waals surface area contributed by atoms with Gasteiger partial charge in [0.1, 0.15) is 11.2 Å². The molecule has 3 heteroatoms. The van der Waals surface area contributed by atoms with Gasteiger partial charge in [0.05, 0.1) is 0 Å². The molecule has 0 bridgehead atoms. The van der Waals surface area contributed by atoms with Crippen molar-refractivity contribution >= 4 is 16.8 Å². The number of ketones is 1. The predicted molar refractivity (Wildman–Crippen MR) is 75.5 cm³/mol. The minimum absolute atomic E-state index is 0.0597. The van der Waals surface area contributed by atoms with Crippen LogP contribution in [0.3, 0.4) is 0 Å². The molecule has 3 nitrogen and oxygen atoms in total. The molecule has 2 aromatic rings. The number of hydrogen-bond donors (Lipinski definition) is 0. The third-order valence-corrected chi connectivity index (χ3v) is 3.63. The predicted octanol–water partition coefficient (Wildman–Crippen LogP) is 4.21. The maximum atomic E-state index is 12.7. The number of furan rings is 1. The zero-order chi connectivity index (χ0) is 13.9. The Labute approximate surface area is 113 Å². The zero-order valence-corrected chi connectivity index (χ0v) is 11.7. The van der Waals surface area contributed by atoms with Crippen molar-refractivity contribution in [1.29, 1.82) is 0 Å². The van der Waals surface area contributed by atoms with E-state index in [4.69, 9.17) is 9.15 Å². The summed E-state index contributed by atoms with van der Waals surface area (Å²) < 4.78 is 11.4. The van der Waals surface area contributed by atoms with E-state index in [1.54, 1.807) is 6.07 Å². The topological polar surface area (TPSA) is 39.4 Å². The lowest BCUT2D eigenvalue weighted by Crippen LogP contribution is -2.40. The van der Waals surface area contributed by atoms with Crippen LogP contribution in [0, 0.1) is 0 Å². The van der Waals surface area contributed by atoms with Gasteiger partial charge in [0.25, 0.3) is 0 Å². The maximum Gasteiger partial charge on any atom is 0.229 e. The van der Waals surface area contributed by atoms with Gasteiger partial charge in [-0.2, -0.15) is 0 Å². The summed E-state index contributed by atoms with van der Waals surface area (Å²) >= 11 is 0. The number of ether oxygens (including phenoxy) is 1. The number of rotatable bonds is 6. The lowest BCUT2D eigenvalue weighted by molar-refractivity contribution is -0.0265. The highest BCUT2D eigenvalue weighted by molar-refractivity contribution is 6.03. The van der Waals surface area contributed by atoms with Gasteiger partial charge in [0.2, 0.25) is 5.78 Å². The molecule has 0 fully saturated rings. The van der Waals surface area contributed by atoms with Gasteiger partial charge in [0.15, 0.2) is 5.76 Å². The summed E-state index contributed by atoms with van der Waals surface area (Å²) in [6, 6.07) is 9.44. The van der Waals surface area contributed by atoms with Crippen molar-refractivity contribution in [2.75, 3.05) is 6.61 Å². The molecule has 0 amide bonds. The summed E-state index contributed by atoms with van der Waals surface area (Å²) in [4.78, 5) is 12.7. The SMILES string of the molecule is CCOC(CC)(CC)C(=O)c1cc2ccccc2o1. The van der Waals surface area contributed by atoms with Gasteiger partial charge in [0, 0.05) is 12.0 Å². The lowest BCUT2D eigenvalue weighted by Gasteiger charge is -2.28. The minimum atomic E-state index is -0.761. The molecule has 0 radical (unpaired) electrons. The van der Waals surface area contributed by atoms with Gasteiger partial charge in [-0.1, -0.05) is 32.0 Å². The van der Waals surface area contributed by atoms with Gasteiger partial charge in [-0.3, -0.25) is 4.79 Å². The highest BCUT2D eigenvalue weighted by atomic mass is 16.5. The molecule has 0 saturated carbocycles. The Hall–Kier alpha value is -1.61. The van der Waals surface area contributed by atoms with Crippen molar-refractivity contribution in [2.45, 2.75) is 39.2 Å². The van der Waals surface area contributed by atoms with Crippen molar-refractivity contribution in [1.82, 2.24) is 0 Å². The summed E-state index contributed by atoms with van der Waals surface area (Å²) in [7, 11) is 0. The van der Waals surface area contributed by atoms with Crippen molar-refractivity contribution in [3.8, 4) is 0 Å². The van der Waals surface area contributed by atoms with Gasteiger partial charge in [-0.05, 0) is 31.9 Å². The quantitative estimate of drug-likeness (QED) is 0.730. The third kappa shape index (κ3) is 2.43. The van der Waals surface area contributed by atoms with Crippen LogP contribution in [0.4, 0.5) is 0 Å². The third-order valence-electron chi connectivity index (χ3n) is 3.63. The number of carbonyl (C=O) groups excluding carboxylic acids is 1. The zero-order valence-electron chi connectivity index (χ0n) is 11.7. The maximum absolute atomic E-state index is 12.7. The van der Waals surface area contributed by atoms with Crippen molar-refractivity contribution < 1.29 is 13.9 Å². The van der Waals surface area contributed by atoms with E-state index in [2.05, 4.69) is 0 Å². The molecule has 0 unspecified atom stereocenters. The van der Waals surface area contributed by atoms with Crippen LogP contribution in [0.25, 0.3) is 11.0 Å². The van der Waals surface area contributed by atoms with E-state index in [0.29, 0.717) is 25.2 Å². The fourth-order valence-electron chi connectivity index (χ4n) is 2.44. The molecule has 0 atom stereocenters. The van der Waals surface area contributed by atoms with E-state index < -0.39 is 5.60 Å². The van der Waals surface area contributed by atoms with Crippen LogP contribution < -0.4 is 0 Å². The molecule has 102 valence electrons. The first-order valence-corrected chi connectivity index (χ1v) is 6.84. The normalized spacial score (nSPS) is 11.9. The fourth-order valence-corrected chi connectivity index (χ4v) is 2.44. The van der Waals surface area contributed by atoms with Crippen molar-refractivity contribution in [3.05, 3.63) is 36.1 Å². The Morgan fingerprint density at radius 1 is 1.21 bits per heavy atom. The first kappa shape index (κ1) is 13.8. The smallest absolute Gasteiger partial charge is 0.229 e. The Morgan fingerprint density at radius 3 is 2.47 bits per heavy atom. The van der Waals surface area contributed by atoms with E-state index >= 15 is 0 Å². The largest absolute Gasteiger partial charge is 0.453 e. The molecule has 1 heterocycles. The molecule has 0 aliphatic rings. The molecule has 0 saturated heterocycles. The van der Waals surface area contributed by atoms with Gasteiger partial charge in [-0.25, -0.2) is 0 Å². The number of fused-ring (bicyclic) bond motifs is 1. The average Bonchev–Trinajstić information content (AvgIpc) is 2.88. The van der Waals surface area contributed by atoms with E-state index in [1.807, 2.05) is 45.0 Å². The number of benzene rings is 1. The van der Waals surface area contributed by atoms with E-state index in [1.165, 1.54) is 0 Å². The van der Waals surface area contributed by atoms with E-state index in [-0.39, 0.29) is 5.78 Å². The molecule has 0 spiro atoms. The molecular formula is C16H20O3. The first-order valence-electron chi connectivity index (χ1n) is 6.84. The van der Waals surface area contributed by atoms with Crippen LogP contribution in [0.2, 0.25) is 0 Å². The molecule has 19 heavy (non-hydrogen) atoms. The Bertz CT molecular complexity index is 531. The van der Waals surface area contributed by atoms with Crippen LogP contribution in [-0.2, 0) is 4.74 Å². The van der Waals surface area contributed by atoms with Crippen LogP contribution in [0.1, 0.15) is 44.2 Å². The fraction of sp³-hybridized carbons (Fsp3) is 0.438. The second kappa shape index (κ2) is 5.57. The van der Waals surface area contributed by atoms with Gasteiger partial charge in [-0.15, -0.1) is 0 Å². The Morgan fingerprint density at radius 2 is 1.89 bits per heavy atom. The second-order valence-electron chi connectivity index (χ2n) is 4.61. The number of carbonyl (C=O) groups is 1. The first-order chi connectivity index (χ1) is 9.16. The summed E-state index contributed by atoms with van der Waals surface area (Å²) in [6.45, 7) is 6.37. The summed E-state index contributed by atoms with van der Waals surface area (Å²) in [6.07, 6.45) is 1.29. The minimum Gasteiger partial charge on any atom is -0.453 e. The summed E-state index contributed by atoms with van der Waals surface area (Å²) in [5, 5.41) is 0.948. The standard InChI is InChI=1S/C16H20O3/c1-4-16(5-2,18-6-3)15(17)14-11-12-9-7-8-10-13(12)19-14/h7-11H,4-6H2,1-3H3. The molecule has 0 aliphatic heterocycles. The van der Waals surface area contributed by atoms with E-state index in [0.717, 1.165) is 11.0 Å². The number of hydrogen-bond acceptors (Lipinski definition) is 3. The summed E-state index contributed by atoms with van der Waals surface area (Å²) in [5.74, 6) is 0.328. The van der Waals surface area contributed by atoms with Crippen LogP contribution in [-0.4, -0.2) is 18.0 Å². The Kier molecular flexibility index (Phi) is 4.05. The van der Waals surface area contributed by atoms with Crippen molar-refractivity contribution in [2.24, 2.45) is 0 Å². The highest BCUT2D eigenvalue weighted by Gasteiger charge is 2.38. The van der Waals surface area contributed by atoms with Crippen LogP contribution in [0.15, 0.2) is 34.7 Å². The second-order valence-corrected chi connectivity index (χ2v) is 4.61. The van der Waals surface area contributed by atoms with Crippen LogP contribution >= 0.6 is 0 Å². The molecule has 2 rings (SSSR count). The molecule has 0 N–H and O–H groups in total. The van der Waals surface area contributed by atoms with Gasteiger partial charge >= 0.3 is 0 Å². The average molecular weight is 260 g/mol. The Balaban J connectivity index is 2.41. The molecular weight excluding hydrogens is 240 g/mol. The highest BCUT2D eigenvalue weighted by Crippen LogP contribution is 2.29. The molecule has 0 aliphatic carbocycles.